The summed E-state index contributed by atoms with van der Waals surface area (Å²) in [6.07, 6.45) is 2.80. The van der Waals surface area contributed by atoms with E-state index in [0.717, 1.165) is 24.8 Å². The van der Waals surface area contributed by atoms with Crippen LogP contribution in [0.2, 0.25) is 0 Å². The van der Waals surface area contributed by atoms with Crippen LogP contribution in [-0.4, -0.2) is 19.8 Å². The number of halogens is 1. The molecule has 3 nitrogen and oxygen atoms in total. The number of rotatable bonds is 4. The smallest absolute Gasteiger partial charge is 0.197 e. The van der Waals surface area contributed by atoms with Crippen molar-refractivity contribution in [1.82, 2.24) is 0 Å². The van der Waals surface area contributed by atoms with Gasteiger partial charge in [0.05, 0.1) is 0 Å². The predicted molar refractivity (Wildman–Crippen MR) is 59.4 cm³/mol. The zero-order chi connectivity index (χ0) is 11.4. The monoisotopic (exact) mass is 225 g/mol. The maximum Gasteiger partial charge on any atom is 0.197 e. The highest BCUT2D eigenvalue weighted by molar-refractivity contribution is 5.48. The Balaban J connectivity index is 2.18. The summed E-state index contributed by atoms with van der Waals surface area (Å²) in [5.41, 5.74) is 6.44. The summed E-state index contributed by atoms with van der Waals surface area (Å²) in [5.74, 6) is 0.483. The van der Waals surface area contributed by atoms with Gasteiger partial charge in [-0.25, -0.2) is 4.39 Å². The van der Waals surface area contributed by atoms with Gasteiger partial charge in [0.2, 0.25) is 0 Å². The van der Waals surface area contributed by atoms with Crippen molar-refractivity contribution in [3.05, 3.63) is 23.5 Å². The molecular formula is C12H16FNO2. The van der Waals surface area contributed by atoms with Gasteiger partial charge in [0.25, 0.3) is 0 Å². The molecule has 2 rings (SSSR count). The lowest BCUT2D eigenvalue weighted by Crippen LogP contribution is -2.17. The second-order valence-corrected chi connectivity index (χ2v) is 3.81. The molecule has 4 heteroatoms. The maximum atomic E-state index is 13.4. The van der Waals surface area contributed by atoms with E-state index in [2.05, 4.69) is 0 Å². The fourth-order valence-electron chi connectivity index (χ4n) is 1.82. The Kier molecular flexibility index (Phi) is 3.62. The van der Waals surface area contributed by atoms with Gasteiger partial charge in [0, 0.05) is 0 Å². The molecule has 0 unspecified atom stereocenters. The topological polar surface area (TPSA) is 44.5 Å². The first kappa shape index (κ1) is 11.2. The van der Waals surface area contributed by atoms with Gasteiger partial charge >= 0.3 is 0 Å². The molecule has 0 amide bonds. The molecule has 1 aliphatic rings. The van der Waals surface area contributed by atoms with Crippen molar-refractivity contribution in [2.75, 3.05) is 19.8 Å². The first-order valence-electron chi connectivity index (χ1n) is 5.60. The molecule has 0 spiro atoms. The van der Waals surface area contributed by atoms with Crippen molar-refractivity contribution < 1.29 is 13.9 Å². The molecule has 1 aromatic rings. The van der Waals surface area contributed by atoms with E-state index in [-0.39, 0.29) is 11.6 Å². The zero-order valence-corrected chi connectivity index (χ0v) is 9.17. The lowest BCUT2D eigenvalue weighted by molar-refractivity contribution is 0.162. The Hall–Kier alpha value is -1.29. The third-order valence-corrected chi connectivity index (χ3v) is 2.62. The van der Waals surface area contributed by atoms with E-state index in [1.165, 1.54) is 6.07 Å². The van der Waals surface area contributed by atoms with Crippen LogP contribution in [-0.2, 0) is 6.42 Å². The van der Waals surface area contributed by atoms with Crippen LogP contribution in [0.25, 0.3) is 0 Å². The van der Waals surface area contributed by atoms with Crippen molar-refractivity contribution in [2.45, 2.75) is 19.3 Å². The molecule has 16 heavy (non-hydrogen) atoms. The minimum absolute atomic E-state index is 0.261. The van der Waals surface area contributed by atoms with E-state index in [9.17, 15) is 4.39 Å². The zero-order valence-electron chi connectivity index (χ0n) is 9.17. The minimum atomic E-state index is -0.350. The molecule has 0 saturated carbocycles. The molecule has 0 bridgehead atoms. The maximum absolute atomic E-state index is 13.4. The molecule has 1 heterocycles. The average Bonchev–Trinajstić information content (AvgIpc) is 2.33. The fraction of sp³-hybridized carbons (Fsp3) is 0.500. The number of hydrogen-bond acceptors (Lipinski definition) is 3. The van der Waals surface area contributed by atoms with Crippen LogP contribution in [0.1, 0.15) is 18.4 Å². The number of benzene rings is 1. The highest BCUT2D eigenvalue weighted by atomic mass is 19.1. The van der Waals surface area contributed by atoms with Crippen LogP contribution in [0, 0.1) is 5.82 Å². The molecular weight excluding hydrogens is 209 g/mol. The van der Waals surface area contributed by atoms with Crippen LogP contribution in [0.5, 0.6) is 11.5 Å². The predicted octanol–water partition coefficient (Wildman–Crippen LogP) is 1.88. The number of fused-ring (bicyclic) bond motifs is 1. The summed E-state index contributed by atoms with van der Waals surface area (Å²) < 4.78 is 24.2. The van der Waals surface area contributed by atoms with E-state index in [4.69, 9.17) is 15.2 Å². The third kappa shape index (κ3) is 2.27. The number of hydrogen-bond donors (Lipinski definition) is 1. The summed E-state index contributed by atoms with van der Waals surface area (Å²) in [4.78, 5) is 0. The highest BCUT2D eigenvalue weighted by Crippen LogP contribution is 2.36. The second-order valence-electron chi connectivity index (χ2n) is 3.81. The number of nitrogens with two attached hydrogens (primary N) is 1. The number of unbranched alkanes of at least 4 members (excludes halogenated alkanes) is 1. The summed E-state index contributed by atoms with van der Waals surface area (Å²) in [7, 11) is 0. The average molecular weight is 225 g/mol. The van der Waals surface area contributed by atoms with E-state index >= 15 is 0 Å². The SMILES string of the molecule is NCCCCc1ccc(F)c2c1OCCO2. The van der Waals surface area contributed by atoms with E-state index < -0.39 is 0 Å². The third-order valence-electron chi connectivity index (χ3n) is 2.62. The lowest BCUT2D eigenvalue weighted by Gasteiger charge is -2.21. The van der Waals surface area contributed by atoms with Crippen LogP contribution >= 0.6 is 0 Å². The fourth-order valence-corrected chi connectivity index (χ4v) is 1.82. The van der Waals surface area contributed by atoms with Gasteiger partial charge in [-0.3, -0.25) is 0 Å². The number of aryl methyl sites for hydroxylation is 1. The quantitative estimate of drug-likeness (QED) is 0.796. The molecule has 0 fully saturated rings. The lowest BCUT2D eigenvalue weighted by atomic mass is 10.1. The first-order chi connectivity index (χ1) is 7.83. The van der Waals surface area contributed by atoms with Gasteiger partial charge in [-0.05, 0) is 37.4 Å². The highest BCUT2D eigenvalue weighted by Gasteiger charge is 2.19. The van der Waals surface area contributed by atoms with Crippen molar-refractivity contribution in [3.63, 3.8) is 0 Å². The largest absolute Gasteiger partial charge is 0.486 e. The summed E-state index contributed by atoms with van der Waals surface area (Å²) >= 11 is 0. The Bertz CT molecular complexity index is 368. The normalized spacial score (nSPS) is 13.9. The Morgan fingerprint density at radius 2 is 1.88 bits per heavy atom. The van der Waals surface area contributed by atoms with Crippen LogP contribution in [0.4, 0.5) is 4.39 Å². The van der Waals surface area contributed by atoms with E-state index in [1.54, 1.807) is 6.07 Å². The summed E-state index contributed by atoms with van der Waals surface area (Å²) in [6, 6.07) is 3.20. The molecule has 88 valence electrons. The molecule has 0 aliphatic carbocycles. The van der Waals surface area contributed by atoms with Gasteiger partial charge in [-0.2, -0.15) is 0 Å². The Morgan fingerprint density at radius 1 is 1.12 bits per heavy atom. The van der Waals surface area contributed by atoms with Crippen LogP contribution < -0.4 is 15.2 Å². The van der Waals surface area contributed by atoms with Gasteiger partial charge in [-0.1, -0.05) is 6.07 Å². The molecule has 0 saturated heterocycles. The molecule has 1 aromatic carbocycles. The Labute approximate surface area is 94.3 Å². The van der Waals surface area contributed by atoms with Crippen LogP contribution in [0.3, 0.4) is 0 Å². The van der Waals surface area contributed by atoms with Gasteiger partial charge in [0.15, 0.2) is 17.3 Å². The second kappa shape index (κ2) is 5.16. The minimum Gasteiger partial charge on any atom is -0.486 e. The van der Waals surface area contributed by atoms with Crippen molar-refractivity contribution in [2.24, 2.45) is 5.73 Å². The first-order valence-corrected chi connectivity index (χ1v) is 5.60. The summed E-state index contributed by atoms with van der Waals surface area (Å²) in [5, 5.41) is 0. The van der Waals surface area contributed by atoms with Gasteiger partial charge in [0.1, 0.15) is 13.2 Å². The van der Waals surface area contributed by atoms with Crippen molar-refractivity contribution in [3.8, 4) is 11.5 Å². The van der Waals surface area contributed by atoms with E-state index in [1.807, 2.05) is 0 Å². The van der Waals surface area contributed by atoms with Gasteiger partial charge in [-0.15, -0.1) is 0 Å². The Morgan fingerprint density at radius 3 is 2.62 bits per heavy atom. The van der Waals surface area contributed by atoms with Crippen molar-refractivity contribution >= 4 is 0 Å². The van der Waals surface area contributed by atoms with Crippen molar-refractivity contribution in [1.29, 1.82) is 0 Å². The molecule has 0 atom stereocenters. The summed E-state index contributed by atoms with van der Waals surface area (Å²) in [6.45, 7) is 1.58. The molecule has 2 N–H and O–H groups in total. The molecule has 0 aromatic heterocycles. The number of ether oxygens (including phenoxy) is 2. The standard InChI is InChI=1S/C12H16FNO2/c13-10-5-4-9(3-1-2-6-14)11-12(10)16-8-7-15-11/h4-5H,1-3,6-8,14H2. The molecule has 0 radical (unpaired) electrons. The van der Waals surface area contributed by atoms with Gasteiger partial charge < -0.3 is 15.2 Å². The van der Waals surface area contributed by atoms with E-state index in [0.29, 0.717) is 25.5 Å². The van der Waals surface area contributed by atoms with Crippen LogP contribution in [0.15, 0.2) is 12.1 Å². The molecule has 1 aliphatic heterocycles.